The van der Waals surface area contributed by atoms with E-state index in [1.807, 2.05) is 36.4 Å². The molecule has 3 rings (SSSR count). The zero-order valence-electron chi connectivity index (χ0n) is 15.2. The summed E-state index contributed by atoms with van der Waals surface area (Å²) in [7, 11) is 0. The molecule has 0 fully saturated rings. The first-order valence-electron chi connectivity index (χ1n) is 9.50. The quantitative estimate of drug-likeness (QED) is 0.426. The lowest BCUT2D eigenvalue weighted by atomic mass is 10.1. The van der Waals surface area contributed by atoms with E-state index in [0.717, 1.165) is 23.6 Å². The first kappa shape index (κ1) is 17.5. The third-order valence-electron chi connectivity index (χ3n) is 4.58. The molecule has 1 heterocycles. The van der Waals surface area contributed by atoms with Gasteiger partial charge in [-0.05, 0) is 30.7 Å². The summed E-state index contributed by atoms with van der Waals surface area (Å²) in [6.45, 7) is 3.78. The Balaban J connectivity index is 1.66. The highest BCUT2D eigenvalue weighted by Gasteiger charge is 2.10. The van der Waals surface area contributed by atoms with E-state index in [4.69, 9.17) is 9.72 Å². The third kappa shape index (κ3) is 4.85. The highest BCUT2D eigenvalue weighted by molar-refractivity contribution is 5.75. The Morgan fingerprint density at radius 3 is 2.40 bits per heavy atom. The van der Waals surface area contributed by atoms with Gasteiger partial charge in [0.05, 0.1) is 11.0 Å². The smallest absolute Gasteiger partial charge is 0.147 e. The van der Waals surface area contributed by atoms with Crippen LogP contribution in [-0.2, 0) is 13.2 Å². The summed E-state index contributed by atoms with van der Waals surface area (Å²) in [6.07, 6.45) is 7.81. The normalized spacial score (nSPS) is 11.1. The number of aromatic nitrogens is 2. The molecule has 0 bridgehead atoms. The number of imidazole rings is 1. The van der Waals surface area contributed by atoms with Gasteiger partial charge in [0, 0.05) is 6.54 Å². The predicted molar refractivity (Wildman–Crippen MR) is 104 cm³/mol. The second-order valence-electron chi connectivity index (χ2n) is 6.54. The number of ether oxygens (including phenoxy) is 1. The van der Waals surface area contributed by atoms with Gasteiger partial charge in [-0.25, -0.2) is 4.98 Å². The molecule has 0 radical (unpaired) electrons. The van der Waals surface area contributed by atoms with Crippen LogP contribution in [-0.4, -0.2) is 9.55 Å². The van der Waals surface area contributed by atoms with Gasteiger partial charge in [0.25, 0.3) is 0 Å². The number of benzene rings is 2. The van der Waals surface area contributed by atoms with E-state index >= 15 is 0 Å². The third-order valence-corrected chi connectivity index (χ3v) is 4.58. The van der Waals surface area contributed by atoms with E-state index in [1.54, 1.807) is 0 Å². The monoisotopic (exact) mass is 336 g/mol. The molecular formula is C22H28N2O. The zero-order valence-corrected chi connectivity index (χ0v) is 15.2. The van der Waals surface area contributed by atoms with Crippen molar-refractivity contribution in [3.05, 3.63) is 60.4 Å². The van der Waals surface area contributed by atoms with E-state index in [9.17, 15) is 0 Å². The van der Waals surface area contributed by atoms with Crippen molar-refractivity contribution in [3.8, 4) is 5.75 Å². The summed E-state index contributed by atoms with van der Waals surface area (Å²) in [5.74, 6) is 1.90. The molecule has 1 aromatic heterocycles. The van der Waals surface area contributed by atoms with Gasteiger partial charge in [-0.1, -0.05) is 69.4 Å². The molecule has 0 unspecified atom stereocenters. The molecule has 0 spiro atoms. The molecular weight excluding hydrogens is 308 g/mol. The van der Waals surface area contributed by atoms with Crippen molar-refractivity contribution in [1.29, 1.82) is 0 Å². The fourth-order valence-electron chi connectivity index (χ4n) is 3.20. The highest BCUT2D eigenvalue weighted by atomic mass is 16.5. The van der Waals surface area contributed by atoms with Gasteiger partial charge in [0.15, 0.2) is 0 Å². The molecule has 3 aromatic rings. The Morgan fingerprint density at radius 2 is 1.56 bits per heavy atom. The molecule has 0 saturated carbocycles. The van der Waals surface area contributed by atoms with Crippen LogP contribution in [0.1, 0.15) is 51.3 Å². The second kappa shape index (κ2) is 9.26. The number of para-hydroxylation sites is 3. The molecule has 0 amide bonds. The first-order valence-corrected chi connectivity index (χ1v) is 9.50. The second-order valence-corrected chi connectivity index (χ2v) is 6.54. The van der Waals surface area contributed by atoms with Crippen molar-refractivity contribution in [2.75, 3.05) is 0 Å². The van der Waals surface area contributed by atoms with Crippen molar-refractivity contribution in [3.63, 3.8) is 0 Å². The van der Waals surface area contributed by atoms with Gasteiger partial charge in [0.1, 0.15) is 18.2 Å². The molecule has 0 N–H and O–H groups in total. The minimum Gasteiger partial charge on any atom is -0.486 e. The maximum atomic E-state index is 5.94. The molecule has 3 heteroatoms. The van der Waals surface area contributed by atoms with Gasteiger partial charge in [0.2, 0.25) is 0 Å². The van der Waals surface area contributed by atoms with Gasteiger partial charge in [-0.3, -0.25) is 0 Å². The molecule has 0 atom stereocenters. The molecule has 2 aromatic carbocycles. The van der Waals surface area contributed by atoms with E-state index in [0.29, 0.717) is 6.61 Å². The van der Waals surface area contributed by atoms with Gasteiger partial charge >= 0.3 is 0 Å². The summed E-state index contributed by atoms with van der Waals surface area (Å²) in [5.41, 5.74) is 2.27. The van der Waals surface area contributed by atoms with Crippen LogP contribution in [0.15, 0.2) is 54.6 Å². The lowest BCUT2D eigenvalue weighted by Crippen LogP contribution is -2.07. The maximum absolute atomic E-state index is 5.94. The highest BCUT2D eigenvalue weighted by Crippen LogP contribution is 2.19. The van der Waals surface area contributed by atoms with Crippen LogP contribution in [0, 0.1) is 0 Å². The Hall–Kier alpha value is -2.29. The summed E-state index contributed by atoms with van der Waals surface area (Å²) in [4.78, 5) is 4.79. The molecule has 25 heavy (non-hydrogen) atoms. The number of hydrogen-bond acceptors (Lipinski definition) is 2. The minimum absolute atomic E-state index is 0.508. The predicted octanol–water partition coefficient (Wildman–Crippen LogP) is 5.98. The van der Waals surface area contributed by atoms with Crippen molar-refractivity contribution in [1.82, 2.24) is 9.55 Å². The molecule has 0 aliphatic rings. The van der Waals surface area contributed by atoms with E-state index in [1.165, 1.54) is 44.0 Å². The zero-order chi connectivity index (χ0) is 17.3. The number of fused-ring (bicyclic) bond motifs is 1. The number of aryl methyl sites for hydroxylation is 1. The van der Waals surface area contributed by atoms with Crippen LogP contribution in [0.2, 0.25) is 0 Å². The van der Waals surface area contributed by atoms with Crippen molar-refractivity contribution in [2.24, 2.45) is 0 Å². The number of rotatable bonds is 10. The average molecular weight is 336 g/mol. The Morgan fingerprint density at radius 1 is 0.840 bits per heavy atom. The van der Waals surface area contributed by atoms with Crippen LogP contribution in [0.4, 0.5) is 0 Å². The van der Waals surface area contributed by atoms with Crippen LogP contribution in [0.5, 0.6) is 5.75 Å². The van der Waals surface area contributed by atoms with Gasteiger partial charge in [-0.15, -0.1) is 0 Å². The standard InChI is InChI=1S/C22H28N2O/c1-2-3-4-5-6-12-17-24-21-16-11-10-15-20(21)23-22(24)18-25-19-13-8-7-9-14-19/h7-11,13-16H,2-6,12,17-18H2,1H3. The molecule has 0 aliphatic carbocycles. The van der Waals surface area contributed by atoms with E-state index < -0.39 is 0 Å². The van der Waals surface area contributed by atoms with Crippen molar-refractivity contribution < 1.29 is 4.74 Å². The molecule has 3 nitrogen and oxygen atoms in total. The van der Waals surface area contributed by atoms with Crippen LogP contribution in [0.25, 0.3) is 11.0 Å². The lowest BCUT2D eigenvalue weighted by Gasteiger charge is -2.10. The first-order chi connectivity index (χ1) is 12.4. The average Bonchev–Trinajstić information content (AvgIpc) is 3.01. The lowest BCUT2D eigenvalue weighted by molar-refractivity contribution is 0.289. The van der Waals surface area contributed by atoms with Crippen molar-refractivity contribution >= 4 is 11.0 Å². The molecule has 0 aliphatic heterocycles. The van der Waals surface area contributed by atoms with Gasteiger partial charge in [-0.2, -0.15) is 0 Å². The Bertz CT molecular complexity index is 764. The number of nitrogens with zero attached hydrogens (tertiary/aromatic N) is 2. The SMILES string of the molecule is CCCCCCCCn1c(COc2ccccc2)nc2ccccc21. The molecule has 0 saturated heterocycles. The largest absolute Gasteiger partial charge is 0.486 e. The number of unbranched alkanes of at least 4 members (excludes halogenated alkanes) is 5. The van der Waals surface area contributed by atoms with Gasteiger partial charge < -0.3 is 9.30 Å². The Labute approximate surface area is 150 Å². The molecule has 132 valence electrons. The summed E-state index contributed by atoms with van der Waals surface area (Å²) < 4.78 is 8.27. The summed E-state index contributed by atoms with van der Waals surface area (Å²) in [5, 5.41) is 0. The van der Waals surface area contributed by atoms with E-state index in [-0.39, 0.29) is 0 Å². The van der Waals surface area contributed by atoms with E-state index in [2.05, 4.69) is 29.7 Å². The fraction of sp³-hybridized carbons (Fsp3) is 0.409. The Kier molecular flexibility index (Phi) is 6.49. The topological polar surface area (TPSA) is 27.1 Å². The van der Waals surface area contributed by atoms with Crippen LogP contribution in [0.3, 0.4) is 0 Å². The minimum atomic E-state index is 0.508. The summed E-state index contributed by atoms with van der Waals surface area (Å²) >= 11 is 0. The summed E-state index contributed by atoms with van der Waals surface area (Å²) in [6, 6.07) is 18.3. The fourth-order valence-corrected chi connectivity index (χ4v) is 3.20. The van der Waals surface area contributed by atoms with Crippen LogP contribution >= 0.6 is 0 Å². The maximum Gasteiger partial charge on any atom is 0.147 e. The number of hydrogen-bond donors (Lipinski definition) is 0. The van der Waals surface area contributed by atoms with Crippen LogP contribution < -0.4 is 4.74 Å². The van der Waals surface area contributed by atoms with Crippen molar-refractivity contribution in [2.45, 2.75) is 58.6 Å².